The van der Waals surface area contributed by atoms with Gasteiger partial charge in [0.05, 0.1) is 11.4 Å². The van der Waals surface area contributed by atoms with Crippen molar-refractivity contribution in [1.29, 1.82) is 0 Å². The van der Waals surface area contributed by atoms with Crippen molar-refractivity contribution in [2.75, 3.05) is 13.2 Å². The first-order chi connectivity index (χ1) is 20.0. The number of fused-ring (bicyclic) bond motifs is 1. The maximum Gasteiger partial charge on any atom is 0.339 e. The van der Waals surface area contributed by atoms with Crippen molar-refractivity contribution < 1.29 is 26.9 Å². The van der Waals surface area contributed by atoms with Gasteiger partial charge < -0.3 is 8.92 Å². The minimum Gasteiger partial charge on any atom is -0.491 e. The number of imide groups is 1. The summed E-state index contributed by atoms with van der Waals surface area (Å²) in [6.45, 7) is 8.23. The molecule has 1 saturated heterocycles. The molecule has 4 aromatic carbocycles. The van der Waals surface area contributed by atoms with Crippen LogP contribution in [0.25, 0.3) is 16.8 Å². The van der Waals surface area contributed by atoms with Gasteiger partial charge in [0.1, 0.15) is 17.3 Å². The molecular weight excluding hydrogens is 570 g/mol. The highest BCUT2D eigenvalue weighted by molar-refractivity contribution is 8.18. The molecule has 0 N–H and O–H groups in total. The van der Waals surface area contributed by atoms with Crippen LogP contribution in [-0.4, -0.2) is 37.6 Å². The van der Waals surface area contributed by atoms with Crippen LogP contribution in [-0.2, 0) is 14.9 Å². The summed E-state index contributed by atoms with van der Waals surface area (Å²) in [4.78, 5) is 27.6. The van der Waals surface area contributed by atoms with Gasteiger partial charge >= 0.3 is 10.1 Å². The predicted octanol–water partition coefficient (Wildman–Crippen LogP) is 7.46. The molecule has 0 aliphatic carbocycles. The van der Waals surface area contributed by atoms with Crippen LogP contribution in [0.5, 0.6) is 11.5 Å². The Morgan fingerprint density at radius 2 is 1.60 bits per heavy atom. The van der Waals surface area contributed by atoms with Gasteiger partial charge in [-0.15, -0.1) is 0 Å². The normalized spacial score (nSPS) is 14.8. The number of nitrogens with zero attached hydrogens (tertiary/aromatic N) is 1. The van der Waals surface area contributed by atoms with E-state index in [4.69, 9.17) is 8.92 Å². The maximum absolute atomic E-state index is 13.4. The first kappa shape index (κ1) is 29.4. The number of carbonyl (C=O) groups is 2. The number of rotatable bonds is 9. The summed E-state index contributed by atoms with van der Waals surface area (Å²) >= 11 is 0.805. The van der Waals surface area contributed by atoms with Crippen LogP contribution in [0.2, 0.25) is 0 Å². The van der Waals surface area contributed by atoms with Crippen LogP contribution >= 0.6 is 11.8 Å². The second-order valence-electron chi connectivity index (χ2n) is 10.4. The molecule has 0 bridgehead atoms. The standard InChI is InChI=1S/C33H31NO6S2/c1-21(2)26-15-11-23(4)19-30(26)39-18-17-34-32(35)31(41-33(34)36)20-28-27-8-6-5-7-24(27)12-16-29(28)40-42(37,38)25-13-9-22(3)10-14-25/h5-16,19-21H,17-18H2,1-4H3/b31-20-. The van der Waals surface area contributed by atoms with E-state index in [1.165, 1.54) is 18.2 Å². The minimum absolute atomic E-state index is 0.0155. The molecule has 1 fully saturated rings. The second-order valence-corrected chi connectivity index (χ2v) is 13.0. The molecule has 0 radical (unpaired) electrons. The summed E-state index contributed by atoms with van der Waals surface area (Å²) < 4.78 is 37.9. The zero-order valence-electron chi connectivity index (χ0n) is 23.8. The van der Waals surface area contributed by atoms with Gasteiger partial charge in [0, 0.05) is 5.56 Å². The summed E-state index contributed by atoms with van der Waals surface area (Å²) in [7, 11) is -4.16. The van der Waals surface area contributed by atoms with Crippen LogP contribution in [0.3, 0.4) is 0 Å². The van der Waals surface area contributed by atoms with Gasteiger partial charge in [-0.05, 0) is 83.8 Å². The van der Waals surface area contributed by atoms with Crippen molar-refractivity contribution in [3.05, 3.63) is 106 Å². The van der Waals surface area contributed by atoms with Gasteiger partial charge in [0.2, 0.25) is 0 Å². The van der Waals surface area contributed by atoms with E-state index in [1.807, 2.05) is 56.3 Å². The summed E-state index contributed by atoms with van der Waals surface area (Å²) in [5.41, 5.74) is 3.42. The van der Waals surface area contributed by atoms with Gasteiger partial charge in [0.15, 0.2) is 5.75 Å². The predicted molar refractivity (Wildman–Crippen MR) is 166 cm³/mol. The summed E-state index contributed by atoms with van der Waals surface area (Å²) in [6.07, 6.45) is 1.53. The number of thioether (sulfide) groups is 1. The fourth-order valence-corrected chi connectivity index (χ4v) is 6.48. The zero-order valence-corrected chi connectivity index (χ0v) is 25.4. The summed E-state index contributed by atoms with van der Waals surface area (Å²) in [5, 5.41) is 1.10. The molecule has 2 amide bonds. The molecule has 42 heavy (non-hydrogen) atoms. The van der Waals surface area contributed by atoms with Crippen molar-refractivity contribution in [2.45, 2.75) is 38.5 Å². The molecule has 0 atom stereocenters. The molecule has 0 aromatic heterocycles. The fourth-order valence-electron chi connectivity index (χ4n) is 4.68. The van der Waals surface area contributed by atoms with Crippen molar-refractivity contribution in [3.63, 3.8) is 0 Å². The Morgan fingerprint density at radius 3 is 2.33 bits per heavy atom. The molecular formula is C33H31NO6S2. The summed E-state index contributed by atoms with van der Waals surface area (Å²) in [6, 6.07) is 23.1. The lowest BCUT2D eigenvalue weighted by atomic mass is 10.0. The van der Waals surface area contributed by atoms with Crippen LogP contribution in [0.1, 0.15) is 42.0 Å². The van der Waals surface area contributed by atoms with Crippen LogP contribution in [0, 0.1) is 13.8 Å². The average Bonchev–Trinajstić information content (AvgIpc) is 3.21. The molecule has 9 heteroatoms. The van der Waals surface area contributed by atoms with Crippen LogP contribution < -0.4 is 8.92 Å². The number of aryl methyl sites for hydroxylation is 2. The molecule has 4 aromatic rings. The Labute approximate surface area is 250 Å². The number of benzene rings is 4. The topological polar surface area (TPSA) is 90.0 Å². The average molecular weight is 602 g/mol. The first-order valence-electron chi connectivity index (χ1n) is 13.5. The SMILES string of the molecule is Cc1ccc(S(=O)(=O)Oc2ccc3ccccc3c2/C=C2\SC(=O)N(CCOc3cc(C)ccc3C(C)C)C2=O)cc1. The Bertz CT molecular complexity index is 1810. The lowest BCUT2D eigenvalue weighted by Crippen LogP contribution is -2.32. The highest BCUT2D eigenvalue weighted by Gasteiger charge is 2.35. The third-order valence-corrected chi connectivity index (χ3v) is 9.11. The highest BCUT2D eigenvalue weighted by atomic mass is 32.2. The number of amides is 2. The van der Waals surface area contributed by atoms with Gasteiger partial charge in [-0.3, -0.25) is 14.5 Å². The first-order valence-corrected chi connectivity index (χ1v) is 15.8. The molecule has 0 saturated carbocycles. The van der Waals surface area contributed by atoms with Gasteiger partial charge in [-0.2, -0.15) is 8.42 Å². The third-order valence-electron chi connectivity index (χ3n) is 6.95. The van der Waals surface area contributed by atoms with Crippen LogP contribution in [0.15, 0.2) is 88.7 Å². The van der Waals surface area contributed by atoms with Crippen LogP contribution in [0.4, 0.5) is 4.79 Å². The largest absolute Gasteiger partial charge is 0.491 e. The van der Waals surface area contributed by atoms with E-state index in [1.54, 1.807) is 24.3 Å². The Balaban J connectivity index is 1.42. The lowest BCUT2D eigenvalue weighted by molar-refractivity contribution is -0.123. The quantitative estimate of drug-likeness (QED) is 0.145. The van der Waals surface area contributed by atoms with E-state index in [0.29, 0.717) is 10.9 Å². The molecule has 5 rings (SSSR count). The minimum atomic E-state index is -4.16. The smallest absolute Gasteiger partial charge is 0.339 e. The van der Waals surface area contributed by atoms with Crippen molar-refractivity contribution in [2.24, 2.45) is 0 Å². The van der Waals surface area contributed by atoms with E-state index in [-0.39, 0.29) is 34.6 Å². The van der Waals surface area contributed by atoms with E-state index in [0.717, 1.165) is 44.5 Å². The summed E-state index contributed by atoms with van der Waals surface area (Å²) in [5.74, 6) is 0.583. The van der Waals surface area contributed by atoms with Crippen molar-refractivity contribution in [1.82, 2.24) is 4.90 Å². The molecule has 216 valence electrons. The van der Waals surface area contributed by atoms with Gasteiger partial charge in [-0.1, -0.05) is 74.0 Å². The highest BCUT2D eigenvalue weighted by Crippen LogP contribution is 2.38. The number of hydrogen-bond donors (Lipinski definition) is 0. The molecule has 1 aliphatic heterocycles. The molecule has 0 unspecified atom stereocenters. The number of carbonyl (C=O) groups excluding carboxylic acids is 2. The van der Waals surface area contributed by atoms with E-state index in [9.17, 15) is 18.0 Å². The van der Waals surface area contributed by atoms with Crippen molar-refractivity contribution >= 4 is 49.9 Å². The van der Waals surface area contributed by atoms with Gasteiger partial charge in [-0.25, -0.2) is 0 Å². The third kappa shape index (κ3) is 6.22. The number of hydrogen-bond acceptors (Lipinski definition) is 7. The maximum atomic E-state index is 13.4. The monoisotopic (exact) mass is 601 g/mol. The van der Waals surface area contributed by atoms with Gasteiger partial charge in [0.25, 0.3) is 11.1 Å². The molecule has 7 nitrogen and oxygen atoms in total. The Hall–Kier alpha value is -4.08. The number of ether oxygens (including phenoxy) is 1. The molecule has 1 aliphatic rings. The molecule has 0 spiro atoms. The van der Waals surface area contributed by atoms with E-state index < -0.39 is 21.3 Å². The lowest BCUT2D eigenvalue weighted by Gasteiger charge is -2.17. The Kier molecular flexibility index (Phi) is 8.43. The molecule has 1 heterocycles. The van der Waals surface area contributed by atoms with Crippen molar-refractivity contribution in [3.8, 4) is 11.5 Å². The van der Waals surface area contributed by atoms with E-state index in [2.05, 4.69) is 13.8 Å². The Morgan fingerprint density at radius 1 is 0.881 bits per heavy atom. The zero-order chi connectivity index (χ0) is 30.0. The van der Waals surface area contributed by atoms with E-state index >= 15 is 0 Å². The second kappa shape index (κ2) is 12.0. The fraction of sp³-hybridized carbons (Fsp3) is 0.212.